The highest BCUT2D eigenvalue weighted by Crippen LogP contribution is 2.23. The molecule has 0 fully saturated rings. The smallest absolute Gasteiger partial charge is 0.230 e. The van der Waals surface area contributed by atoms with Crippen LogP contribution in [0.15, 0.2) is 18.2 Å². The Labute approximate surface area is 113 Å². The van der Waals surface area contributed by atoms with Gasteiger partial charge >= 0.3 is 0 Å². The summed E-state index contributed by atoms with van der Waals surface area (Å²) in [5.41, 5.74) is 7.26. The number of hydrogen-bond donors (Lipinski definition) is 1. The van der Waals surface area contributed by atoms with E-state index >= 15 is 0 Å². The summed E-state index contributed by atoms with van der Waals surface area (Å²) >= 11 is 6.01. The molecule has 96 valence electrons. The number of halogens is 2. The van der Waals surface area contributed by atoms with Crippen molar-refractivity contribution in [1.82, 2.24) is 0 Å². The second-order valence-corrected chi connectivity index (χ2v) is 4.37. The minimum absolute atomic E-state index is 0. The molecule has 0 saturated heterocycles. The number of benzene rings is 1. The molecule has 0 saturated carbocycles. The van der Waals surface area contributed by atoms with Crippen molar-refractivity contribution >= 4 is 35.6 Å². The summed E-state index contributed by atoms with van der Waals surface area (Å²) in [6.45, 7) is 4.09. The number of nitrogens with two attached hydrogens (primary N) is 1. The predicted octanol–water partition coefficient (Wildman–Crippen LogP) is 2.63. The first-order valence-electron chi connectivity index (χ1n) is 5.21. The molecule has 1 atom stereocenters. The average Bonchev–Trinajstić information content (AvgIpc) is 2.29. The lowest BCUT2D eigenvalue weighted by molar-refractivity contribution is -0.121. The molecule has 0 bridgehead atoms. The van der Waals surface area contributed by atoms with Gasteiger partial charge in [0.25, 0.3) is 0 Å². The van der Waals surface area contributed by atoms with Gasteiger partial charge in [-0.2, -0.15) is 0 Å². The summed E-state index contributed by atoms with van der Waals surface area (Å²) in [4.78, 5) is 13.5. The van der Waals surface area contributed by atoms with Gasteiger partial charge in [0.15, 0.2) is 0 Å². The van der Waals surface area contributed by atoms with Crippen LogP contribution in [0.1, 0.15) is 12.5 Å². The van der Waals surface area contributed by atoms with Crippen molar-refractivity contribution in [3.63, 3.8) is 0 Å². The van der Waals surface area contributed by atoms with Crippen LogP contribution < -0.4 is 10.6 Å². The highest BCUT2D eigenvalue weighted by Gasteiger charge is 2.17. The third-order valence-electron chi connectivity index (χ3n) is 2.65. The van der Waals surface area contributed by atoms with Crippen LogP contribution in [0.5, 0.6) is 0 Å². The molecule has 1 amide bonds. The molecule has 0 heterocycles. The van der Waals surface area contributed by atoms with Crippen molar-refractivity contribution in [1.29, 1.82) is 0 Å². The topological polar surface area (TPSA) is 46.3 Å². The van der Waals surface area contributed by atoms with E-state index in [9.17, 15) is 4.79 Å². The summed E-state index contributed by atoms with van der Waals surface area (Å²) in [6.07, 6.45) is 0. The fourth-order valence-corrected chi connectivity index (χ4v) is 1.52. The Morgan fingerprint density at radius 3 is 2.59 bits per heavy atom. The van der Waals surface area contributed by atoms with Crippen LogP contribution in [0.4, 0.5) is 5.69 Å². The summed E-state index contributed by atoms with van der Waals surface area (Å²) < 4.78 is 0. The lowest BCUT2D eigenvalue weighted by Gasteiger charge is -2.21. The van der Waals surface area contributed by atoms with Crippen LogP contribution in [0.3, 0.4) is 0 Å². The largest absolute Gasteiger partial charge is 0.330 e. The van der Waals surface area contributed by atoms with E-state index in [0.717, 1.165) is 11.3 Å². The van der Waals surface area contributed by atoms with Gasteiger partial charge in [-0.1, -0.05) is 24.6 Å². The second kappa shape index (κ2) is 6.84. The van der Waals surface area contributed by atoms with Gasteiger partial charge in [0, 0.05) is 30.2 Å². The molecule has 0 aliphatic rings. The van der Waals surface area contributed by atoms with Crippen molar-refractivity contribution in [3.05, 3.63) is 28.8 Å². The minimum atomic E-state index is -0.176. The molecular formula is C12H18Cl2N2O. The maximum absolute atomic E-state index is 11.9. The van der Waals surface area contributed by atoms with E-state index in [1.807, 2.05) is 26.0 Å². The van der Waals surface area contributed by atoms with Crippen molar-refractivity contribution < 1.29 is 4.79 Å². The molecule has 2 N–H and O–H groups in total. The number of nitrogens with zero attached hydrogens (tertiary/aromatic N) is 1. The fourth-order valence-electron chi connectivity index (χ4n) is 1.35. The van der Waals surface area contributed by atoms with Gasteiger partial charge in [-0.05, 0) is 24.6 Å². The van der Waals surface area contributed by atoms with Gasteiger partial charge in [-0.25, -0.2) is 0 Å². The van der Waals surface area contributed by atoms with Crippen LogP contribution in [0.2, 0.25) is 5.02 Å². The van der Waals surface area contributed by atoms with E-state index in [2.05, 4.69) is 0 Å². The number of anilines is 1. The quantitative estimate of drug-likeness (QED) is 0.923. The molecule has 1 unspecified atom stereocenters. The zero-order valence-corrected chi connectivity index (χ0v) is 11.8. The molecule has 1 aromatic carbocycles. The maximum atomic E-state index is 11.9. The average molecular weight is 277 g/mol. The summed E-state index contributed by atoms with van der Waals surface area (Å²) in [5, 5.41) is 0.664. The highest BCUT2D eigenvalue weighted by molar-refractivity contribution is 6.31. The van der Waals surface area contributed by atoms with E-state index in [-0.39, 0.29) is 24.2 Å². The lowest BCUT2D eigenvalue weighted by Crippen LogP contribution is -2.35. The number of amides is 1. The van der Waals surface area contributed by atoms with Gasteiger partial charge in [0.05, 0.1) is 0 Å². The molecule has 5 heteroatoms. The molecular weight excluding hydrogens is 259 g/mol. The van der Waals surface area contributed by atoms with Crippen molar-refractivity contribution in [2.24, 2.45) is 11.7 Å². The molecule has 0 radical (unpaired) electrons. The first kappa shape index (κ1) is 16.2. The fraction of sp³-hybridized carbons (Fsp3) is 0.417. The van der Waals surface area contributed by atoms with Gasteiger partial charge in [-0.15, -0.1) is 12.4 Å². The van der Waals surface area contributed by atoms with Crippen LogP contribution >= 0.6 is 24.0 Å². The van der Waals surface area contributed by atoms with E-state index in [0.29, 0.717) is 11.6 Å². The Morgan fingerprint density at radius 2 is 2.12 bits per heavy atom. The second-order valence-electron chi connectivity index (χ2n) is 3.97. The zero-order chi connectivity index (χ0) is 12.3. The van der Waals surface area contributed by atoms with E-state index in [1.165, 1.54) is 0 Å². The first-order valence-corrected chi connectivity index (χ1v) is 5.59. The van der Waals surface area contributed by atoms with Crippen LogP contribution in [-0.4, -0.2) is 19.5 Å². The Bertz CT molecular complexity index is 396. The molecule has 17 heavy (non-hydrogen) atoms. The van der Waals surface area contributed by atoms with Gasteiger partial charge < -0.3 is 10.6 Å². The minimum Gasteiger partial charge on any atom is -0.330 e. The van der Waals surface area contributed by atoms with Crippen LogP contribution in [0.25, 0.3) is 0 Å². The molecule has 3 nitrogen and oxygen atoms in total. The van der Waals surface area contributed by atoms with Gasteiger partial charge in [-0.3, -0.25) is 4.79 Å². The third kappa shape index (κ3) is 3.87. The van der Waals surface area contributed by atoms with Crippen molar-refractivity contribution in [2.45, 2.75) is 13.8 Å². The summed E-state index contributed by atoms with van der Waals surface area (Å²) in [5.74, 6) is -0.174. The lowest BCUT2D eigenvalue weighted by atomic mass is 10.1. The molecule has 0 aliphatic carbocycles. The van der Waals surface area contributed by atoms with Crippen LogP contribution in [0, 0.1) is 12.8 Å². The Hall–Kier alpha value is -0.770. The highest BCUT2D eigenvalue weighted by atomic mass is 35.5. The van der Waals surface area contributed by atoms with Crippen molar-refractivity contribution in [2.75, 3.05) is 18.5 Å². The van der Waals surface area contributed by atoms with Gasteiger partial charge in [0.1, 0.15) is 0 Å². The Kier molecular flexibility index (Phi) is 6.53. The Morgan fingerprint density at radius 1 is 1.53 bits per heavy atom. The Balaban J connectivity index is 0.00000256. The normalized spacial score (nSPS) is 11.6. The summed E-state index contributed by atoms with van der Waals surface area (Å²) in [6, 6.07) is 5.56. The van der Waals surface area contributed by atoms with Crippen LogP contribution in [-0.2, 0) is 4.79 Å². The zero-order valence-electron chi connectivity index (χ0n) is 10.2. The number of carbonyl (C=O) groups is 1. The number of aryl methyl sites for hydroxylation is 1. The molecule has 0 spiro atoms. The van der Waals surface area contributed by atoms with Gasteiger partial charge in [0.2, 0.25) is 5.91 Å². The molecule has 0 aromatic heterocycles. The first-order chi connectivity index (χ1) is 7.47. The molecule has 0 aliphatic heterocycles. The van der Waals surface area contributed by atoms with E-state index in [1.54, 1.807) is 18.0 Å². The van der Waals surface area contributed by atoms with E-state index < -0.39 is 0 Å². The number of carbonyl (C=O) groups excluding carboxylic acids is 1. The van der Waals surface area contributed by atoms with Crippen molar-refractivity contribution in [3.8, 4) is 0 Å². The number of rotatable bonds is 3. The third-order valence-corrected chi connectivity index (χ3v) is 3.06. The molecule has 1 rings (SSSR count). The standard InChI is InChI=1S/C12H17ClN2O.ClH/c1-8-4-5-10(6-11(8)13)15(3)12(16)9(2)7-14;/h4-6,9H,7,14H2,1-3H3;1H. The number of hydrogen-bond acceptors (Lipinski definition) is 2. The SMILES string of the molecule is Cc1ccc(N(C)C(=O)C(C)CN)cc1Cl.Cl. The maximum Gasteiger partial charge on any atom is 0.230 e. The summed E-state index contributed by atoms with van der Waals surface area (Å²) in [7, 11) is 1.73. The molecule has 1 aromatic rings. The predicted molar refractivity (Wildman–Crippen MR) is 75.1 cm³/mol. The van der Waals surface area contributed by atoms with E-state index in [4.69, 9.17) is 17.3 Å². The monoisotopic (exact) mass is 276 g/mol.